The van der Waals surface area contributed by atoms with Gasteiger partial charge in [-0.3, -0.25) is 4.79 Å². The molecular weight excluding hydrogens is 356 g/mol. The Morgan fingerprint density at radius 1 is 1.14 bits per heavy atom. The number of nitrogens with zero attached hydrogens (tertiary/aromatic N) is 2. The van der Waals surface area contributed by atoms with E-state index in [2.05, 4.69) is 0 Å². The zero-order valence-corrected chi connectivity index (χ0v) is 16.2. The Morgan fingerprint density at radius 2 is 1.89 bits per heavy atom. The predicted molar refractivity (Wildman–Crippen MR) is 106 cm³/mol. The van der Waals surface area contributed by atoms with E-state index < -0.39 is 0 Å². The lowest BCUT2D eigenvalue weighted by Crippen LogP contribution is -2.48. The maximum atomic E-state index is 12.6. The largest absolute Gasteiger partial charge is 0.483 e. The van der Waals surface area contributed by atoms with Gasteiger partial charge in [0.2, 0.25) is 0 Å². The fourth-order valence-electron chi connectivity index (χ4n) is 4.03. The van der Waals surface area contributed by atoms with Crippen LogP contribution in [0.15, 0.2) is 42.5 Å². The minimum atomic E-state index is -0.212. The molecule has 0 spiro atoms. The van der Waals surface area contributed by atoms with Gasteiger partial charge < -0.3 is 19.3 Å². The molecule has 0 radical (unpaired) electrons. The van der Waals surface area contributed by atoms with Crippen molar-refractivity contribution in [3.63, 3.8) is 0 Å². The molecule has 0 saturated carbocycles. The van der Waals surface area contributed by atoms with Crippen molar-refractivity contribution < 1.29 is 19.1 Å². The van der Waals surface area contributed by atoms with Gasteiger partial charge in [-0.15, -0.1) is 0 Å². The van der Waals surface area contributed by atoms with Gasteiger partial charge in [0, 0.05) is 24.5 Å². The van der Waals surface area contributed by atoms with Crippen LogP contribution in [0.3, 0.4) is 0 Å². The molecular formula is C22H26N2O4. The second-order valence-electron chi connectivity index (χ2n) is 7.44. The molecule has 28 heavy (non-hydrogen) atoms. The van der Waals surface area contributed by atoms with Gasteiger partial charge in [0.1, 0.15) is 11.9 Å². The van der Waals surface area contributed by atoms with Crippen LogP contribution < -0.4 is 4.74 Å². The van der Waals surface area contributed by atoms with Crippen LogP contribution in [0.2, 0.25) is 0 Å². The average molecular weight is 382 g/mol. The summed E-state index contributed by atoms with van der Waals surface area (Å²) in [5.74, 6) is 0.716. The lowest BCUT2D eigenvalue weighted by molar-refractivity contribution is -0.134. The van der Waals surface area contributed by atoms with E-state index in [1.54, 1.807) is 0 Å². The van der Waals surface area contributed by atoms with Crippen LogP contribution in [-0.4, -0.2) is 60.2 Å². The lowest BCUT2D eigenvalue weighted by atomic mass is 10.0. The van der Waals surface area contributed by atoms with E-state index in [0.29, 0.717) is 19.6 Å². The third-order valence-corrected chi connectivity index (χ3v) is 5.72. The maximum Gasteiger partial charge on any atom is 0.410 e. The smallest absolute Gasteiger partial charge is 0.410 e. The number of likely N-dealkylation sites (tertiary alicyclic amines) is 1. The van der Waals surface area contributed by atoms with Gasteiger partial charge in [-0.2, -0.15) is 0 Å². The molecule has 1 atom stereocenters. The number of benzene rings is 2. The van der Waals surface area contributed by atoms with Crippen molar-refractivity contribution in [1.29, 1.82) is 0 Å². The SMILES string of the molecule is CCC1CN(C2CCN(C(=O)COc3cccc4ccccc34)CC2)C(=O)O1. The number of hydrogen-bond donors (Lipinski definition) is 0. The van der Waals surface area contributed by atoms with Crippen LogP contribution in [-0.2, 0) is 9.53 Å². The van der Waals surface area contributed by atoms with Crippen molar-refractivity contribution in [3.8, 4) is 5.75 Å². The molecule has 148 valence electrons. The molecule has 2 aliphatic heterocycles. The summed E-state index contributed by atoms with van der Waals surface area (Å²) in [5, 5.41) is 2.10. The number of carbonyl (C=O) groups is 2. The van der Waals surface area contributed by atoms with Crippen LogP contribution in [0.5, 0.6) is 5.75 Å². The Morgan fingerprint density at radius 3 is 2.64 bits per heavy atom. The number of hydrogen-bond acceptors (Lipinski definition) is 4. The predicted octanol–water partition coefficient (Wildman–Crippen LogP) is 3.44. The molecule has 2 aromatic carbocycles. The number of cyclic esters (lactones) is 1. The highest BCUT2D eigenvalue weighted by Crippen LogP contribution is 2.26. The quantitative estimate of drug-likeness (QED) is 0.795. The summed E-state index contributed by atoms with van der Waals surface area (Å²) in [7, 11) is 0. The van der Waals surface area contributed by atoms with E-state index in [-0.39, 0.29) is 30.8 Å². The molecule has 2 heterocycles. The highest BCUT2D eigenvalue weighted by molar-refractivity contribution is 5.88. The molecule has 1 unspecified atom stereocenters. The number of fused-ring (bicyclic) bond motifs is 1. The summed E-state index contributed by atoms with van der Waals surface area (Å²) in [6.07, 6.45) is 2.19. The number of amides is 2. The number of piperidine rings is 1. The zero-order chi connectivity index (χ0) is 19.5. The monoisotopic (exact) mass is 382 g/mol. The Balaban J connectivity index is 1.30. The van der Waals surface area contributed by atoms with Gasteiger partial charge in [0.05, 0.1) is 6.54 Å². The molecule has 2 saturated heterocycles. The molecule has 2 amide bonds. The molecule has 0 N–H and O–H groups in total. The minimum absolute atomic E-state index is 0.00116. The van der Waals surface area contributed by atoms with E-state index >= 15 is 0 Å². The first-order valence-corrected chi connectivity index (χ1v) is 10.0. The van der Waals surface area contributed by atoms with Gasteiger partial charge in [-0.1, -0.05) is 43.3 Å². The average Bonchev–Trinajstić information content (AvgIpc) is 3.13. The molecule has 0 bridgehead atoms. The lowest BCUT2D eigenvalue weighted by Gasteiger charge is -2.35. The van der Waals surface area contributed by atoms with Crippen LogP contribution in [0.4, 0.5) is 4.79 Å². The summed E-state index contributed by atoms with van der Waals surface area (Å²) < 4.78 is 11.2. The topological polar surface area (TPSA) is 59.1 Å². The van der Waals surface area contributed by atoms with Gasteiger partial charge in [0.25, 0.3) is 5.91 Å². The van der Waals surface area contributed by atoms with Crippen LogP contribution in [0.1, 0.15) is 26.2 Å². The Hall–Kier alpha value is -2.76. The fourth-order valence-corrected chi connectivity index (χ4v) is 4.03. The zero-order valence-electron chi connectivity index (χ0n) is 16.2. The maximum absolute atomic E-state index is 12.6. The fraction of sp³-hybridized carbons (Fsp3) is 0.455. The van der Waals surface area contributed by atoms with E-state index in [1.165, 1.54) is 0 Å². The van der Waals surface area contributed by atoms with E-state index in [4.69, 9.17) is 9.47 Å². The Labute approximate surface area is 165 Å². The first-order chi connectivity index (χ1) is 13.7. The second kappa shape index (κ2) is 8.09. The van der Waals surface area contributed by atoms with Gasteiger partial charge in [0.15, 0.2) is 6.61 Å². The normalized spacial score (nSPS) is 20.5. The molecule has 4 rings (SSSR count). The highest BCUT2D eigenvalue weighted by atomic mass is 16.6. The molecule has 2 aromatic rings. The van der Waals surface area contributed by atoms with Crippen molar-refractivity contribution in [2.24, 2.45) is 0 Å². The van der Waals surface area contributed by atoms with Crippen LogP contribution in [0, 0.1) is 0 Å². The van der Waals surface area contributed by atoms with E-state index in [1.807, 2.05) is 59.2 Å². The van der Waals surface area contributed by atoms with E-state index in [9.17, 15) is 9.59 Å². The highest BCUT2D eigenvalue weighted by Gasteiger charge is 2.37. The first-order valence-electron chi connectivity index (χ1n) is 10.0. The third kappa shape index (κ3) is 3.77. The number of ether oxygens (including phenoxy) is 2. The summed E-state index contributed by atoms with van der Waals surface area (Å²) in [6.45, 7) is 4.01. The van der Waals surface area contributed by atoms with Crippen molar-refractivity contribution in [1.82, 2.24) is 9.80 Å². The number of carbonyl (C=O) groups excluding carboxylic acids is 2. The standard InChI is InChI=1S/C22H26N2O4/c1-2-18-14-24(22(26)28-18)17-10-12-23(13-11-17)21(25)15-27-20-9-5-7-16-6-3-4-8-19(16)20/h3-9,17-18H,2,10-15H2,1H3. The van der Waals surface area contributed by atoms with Gasteiger partial charge in [-0.05, 0) is 30.7 Å². The minimum Gasteiger partial charge on any atom is -0.483 e. The molecule has 6 nitrogen and oxygen atoms in total. The van der Waals surface area contributed by atoms with E-state index in [0.717, 1.165) is 35.8 Å². The molecule has 0 aromatic heterocycles. The Bertz CT molecular complexity index is 855. The molecule has 2 fully saturated rings. The molecule has 2 aliphatic rings. The number of rotatable bonds is 5. The van der Waals surface area contributed by atoms with Gasteiger partial charge >= 0.3 is 6.09 Å². The summed E-state index contributed by atoms with van der Waals surface area (Å²) in [6, 6.07) is 14.0. The van der Waals surface area contributed by atoms with Crippen LogP contribution in [0.25, 0.3) is 10.8 Å². The van der Waals surface area contributed by atoms with Crippen molar-refractivity contribution in [2.45, 2.75) is 38.3 Å². The molecule has 0 aliphatic carbocycles. The van der Waals surface area contributed by atoms with Crippen LogP contribution >= 0.6 is 0 Å². The van der Waals surface area contributed by atoms with Gasteiger partial charge in [-0.25, -0.2) is 4.79 Å². The third-order valence-electron chi connectivity index (χ3n) is 5.72. The van der Waals surface area contributed by atoms with Crippen molar-refractivity contribution in [3.05, 3.63) is 42.5 Å². The summed E-state index contributed by atoms with van der Waals surface area (Å²) in [4.78, 5) is 28.3. The molecule has 6 heteroatoms. The van der Waals surface area contributed by atoms with Crippen molar-refractivity contribution in [2.75, 3.05) is 26.2 Å². The Kier molecular flexibility index (Phi) is 5.37. The van der Waals surface area contributed by atoms with Crippen molar-refractivity contribution >= 4 is 22.8 Å². The first kappa shape index (κ1) is 18.6. The second-order valence-corrected chi connectivity index (χ2v) is 7.44. The summed E-state index contributed by atoms with van der Waals surface area (Å²) >= 11 is 0. The summed E-state index contributed by atoms with van der Waals surface area (Å²) in [5.41, 5.74) is 0.